The average Bonchev–Trinajstić information content (AvgIpc) is 2.96. The largest absolute Gasteiger partial charge is 0.379 e. The molecule has 2 saturated heterocycles. The van der Waals surface area contributed by atoms with Crippen LogP contribution < -0.4 is 4.90 Å². The summed E-state index contributed by atoms with van der Waals surface area (Å²) in [6.07, 6.45) is 1.09. The predicted molar refractivity (Wildman–Crippen MR) is 84.0 cm³/mol. The van der Waals surface area contributed by atoms with E-state index in [9.17, 15) is 9.18 Å². The second-order valence-electron chi connectivity index (χ2n) is 6.20. The first kappa shape index (κ1) is 15.4. The lowest BCUT2D eigenvalue weighted by Crippen LogP contribution is -2.40. The molecule has 2 aliphatic rings. The number of Topliss-reactive ketones (excluding diaryl/α,β-unsaturated/α-hetero) is 1. The molecular weight excluding hydrogens is 283 g/mol. The van der Waals surface area contributed by atoms with E-state index in [1.54, 1.807) is 6.07 Å². The molecule has 1 unspecified atom stereocenters. The van der Waals surface area contributed by atoms with Gasteiger partial charge in [-0.1, -0.05) is 6.07 Å². The lowest BCUT2D eigenvalue weighted by atomic mass is 10.1. The van der Waals surface area contributed by atoms with Crippen LogP contribution in [0.5, 0.6) is 0 Å². The fourth-order valence-corrected chi connectivity index (χ4v) is 3.47. The van der Waals surface area contributed by atoms with Gasteiger partial charge < -0.3 is 9.64 Å². The molecule has 5 heteroatoms. The van der Waals surface area contributed by atoms with Crippen LogP contribution in [0, 0.1) is 11.7 Å². The molecule has 0 radical (unpaired) electrons. The Hall–Kier alpha value is -1.46. The van der Waals surface area contributed by atoms with Crippen LogP contribution >= 0.6 is 0 Å². The third-order valence-electron chi connectivity index (χ3n) is 4.59. The molecule has 2 aliphatic heterocycles. The van der Waals surface area contributed by atoms with E-state index in [0.29, 0.717) is 5.92 Å². The molecule has 3 rings (SSSR count). The zero-order valence-corrected chi connectivity index (χ0v) is 13.1. The zero-order valence-electron chi connectivity index (χ0n) is 13.1. The first-order valence-corrected chi connectivity index (χ1v) is 7.99. The highest BCUT2D eigenvalue weighted by molar-refractivity contribution is 6.00. The lowest BCUT2D eigenvalue weighted by molar-refractivity contribution is 0.0320. The average molecular weight is 306 g/mol. The van der Waals surface area contributed by atoms with Crippen LogP contribution in [0.1, 0.15) is 23.7 Å². The molecule has 0 amide bonds. The van der Waals surface area contributed by atoms with Gasteiger partial charge in [-0.15, -0.1) is 0 Å². The maximum absolute atomic E-state index is 14.0. The zero-order chi connectivity index (χ0) is 15.5. The van der Waals surface area contributed by atoms with Crippen molar-refractivity contribution in [3.8, 4) is 0 Å². The number of carbonyl (C=O) groups is 1. The normalized spacial score (nSPS) is 23.0. The van der Waals surface area contributed by atoms with Gasteiger partial charge in [0.2, 0.25) is 0 Å². The van der Waals surface area contributed by atoms with Gasteiger partial charge in [-0.3, -0.25) is 9.69 Å². The van der Waals surface area contributed by atoms with E-state index < -0.39 is 5.82 Å². The molecule has 0 bridgehead atoms. The predicted octanol–water partition coefficient (Wildman–Crippen LogP) is 2.19. The smallest absolute Gasteiger partial charge is 0.164 e. The number of ketones is 1. The monoisotopic (exact) mass is 306 g/mol. The van der Waals surface area contributed by atoms with Crippen LogP contribution in [0.4, 0.5) is 10.1 Å². The summed E-state index contributed by atoms with van der Waals surface area (Å²) in [7, 11) is 0. The second kappa shape index (κ2) is 6.75. The van der Waals surface area contributed by atoms with Crippen molar-refractivity contribution in [2.75, 3.05) is 50.8 Å². The van der Waals surface area contributed by atoms with Crippen molar-refractivity contribution in [3.63, 3.8) is 0 Å². The minimum absolute atomic E-state index is 0.204. The number of ether oxygens (including phenoxy) is 1. The molecule has 0 saturated carbocycles. The summed E-state index contributed by atoms with van der Waals surface area (Å²) in [6, 6.07) is 4.91. The maximum atomic E-state index is 14.0. The SMILES string of the molecule is CC(=O)c1c(F)cccc1N1CCC(CN2CCOCC2)C1. The fraction of sp³-hybridized carbons (Fsp3) is 0.588. The van der Waals surface area contributed by atoms with Crippen LogP contribution in [0.25, 0.3) is 0 Å². The van der Waals surface area contributed by atoms with Gasteiger partial charge in [-0.25, -0.2) is 4.39 Å². The number of hydrogen-bond acceptors (Lipinski definition) is 4. The number of morpholine rings is 1. The highest BCUT2D eigenvalue weighted by Gasteiger charge is 2.28. The van der Waals surface area contributed by atoms with Gasteiger partial charge in [0.25, 0.3) is 0 Å². The van der Waals surface area contributed by atoms with Gasteiger partial charge in [-0.05, 0) is 31.4 Å². The van der Waals surface area contributed by atoms with Crippen LogP contribution in [-0.2, 0) is 4.74 Å². The van der Waals surface area contributed by atoms with Gasteiger partial charge in [-0.2, -0.15) is 0 Å². The first-order chi connectivity index (χ1) is 10.6. The Morgan fingerprint density at radius 2 is 2.09 bits per heavy atom. The van der Waals surface area contributed by atoms with E-state index in [1.165, 1.54) is 13.0 Å². The first-order valence-electron chi connectivity index (χ1n) is 7.99. The lowest BCUT2D eigenvalue weighted by Gasteiger charge is -2.29. The Morgan fingerprint density at radius 1 is 1.32 bits per heavy atom. The summed E-state index contributed by atoms with van der Waals surface area (Å²) < 4.78 is 19.3. The van der Waals surface area contributed by atoms with Crippen LogP contribution in [-0.4, -0.2) is 56.6 Å². The van der Waals surface area contributed by atoms with Gasteiger partial charge >= 0.3 is 0 Å². The summed E-state index contributed by atoms with van der Waals surface area (Å²) in [6.45, 7) is 7.89. The van der Waals surface area contributed by atoms with Gasteiger partial charge in [0.1, 0.15) is 5.82 Å². The van der Waals surface area contributed by atoms with Crippen LogP contribution in [0.3, 0.4) is 0 Å². The third-order valence-corrected chi connectivity index (χ3v) is 4.59. The number of anilines is 1. The summed E-state index contributed by atoms with van der Waals surface area (Å²) in [5.41, 5.74) is 0.978. The molecule has 0 aromatic heterocycles. The fourth-order valence-electron chi connectivity index (χ4n) is 3.47. The highest BCUT2D eigenvalue weighted by Crippen LogP contribution is 2.29. The van der Waals surface area contributed by atoms with E-state index in [1.807, 2.05) is 6.07 Å². The molecule has 1 aromatic carbocycles. The van der Waals surface area contributed by atoms with E-state index in [2.05, 4.69) is 9.80 Å². The number of carbonyl (C=O) groups excluding carboxylic acids is 1. The standard InChI is InChI=1S/C17H23FN2O2/c1-13(21)17-15(18)3-2-4-16(17)20-6-5-14(12-20)11-19-7-9-22-10-8-19/h2-4,14H,5-12H2,1H3. The van der Waals surface area contributed by atoms with Crippen molar-refractivity contribution < 1.29 is 13.9 Å². The molecule has 0 N–H and O–H groups in total. The number of nitrogens with zero attached hydrogens (tertiary/aromatic N) is 2. The van der Waals surface area contributed by atoms with Crippen LogP contribution in [0.2, 0.25) is 0 Å². The molecule has 2 heterocycles. The molecule has 2 fully saturated rings. The molecular formula is C17H23FN2O2. The molecule has 0 aliphatic carbocycles. The summed E-state index contributed by atoms with van der Waals surface area (Å²) in [5, 5.41) is 0. The molecule has 0 spiro atoms. The Morgan fingerprint density at radius 3 is 2.82 bits per heavy atom. The Kier molecular flexibility index (Phi) is 4.74. The molecule has 1 atom stereocenters. The molecule has 1 aromatic rings. The van der Waals surface area contributed by atoms with Crippen molar-refractivity contribution >= 4 is 11.5 Å². The van der Waals surface area contributed by atoms with E-state index in [4.69, 9.17) is 4.74 Å². The summed E-state index contributed by atoms with van der Waals surface area (Å²) in [5.74, 6) is -0.0486. The van der Waals surface area contributed by atoms with Crippen molar-refractivity contribution in [2.24, 2.45) is 5.92 Å². The topological polar surface area (TPSA) is 32.8 Å². The third kappa shape index (κ3) is 3.31. The molecule has 4 nitrogen and oxygen atoms in total. The highest BCUT2D eigenvalue weighted by atomic mass is 19.1. The summed E-state index contributed by atoms with van der Waals surface area (Å²) >= 11 is 0. The second-order valence-corrected chi connectivity index (χ2v) is 6.20. The minimum Gasteiger partial charge on any atom is -0.379 e. The Balaban J connectivity index is 1.67. The number of hydrogen-bond donors (Lipinski definition) is 0. The quantitative estimate of drug-likeness (QED) is 0.798. The van der Waals surface area contributed by atoms with Crippen molar-refractivity contribution in [3.05, 3.63) is 29.6 Å². The van der Waals surface area contributed by atoms with Gasteiger partial charge in [0.05, 0.1) is 24.5 Å². The van der Waals surface area contributed by atoms with Crippen molar-refractivity contribution in [2.45, 2.75) is 13.3 Å². The maximum Gasteiger partial charge on any atom is 0.164 e. The van der Waals surface area contributed by atoms with Crippen molar-refractivity contribution in [1.29, 1.82) is 0 Å². The molecule has 22 heavy (non-hydrogen) atoms. The van der Waals surface area contributed by atoms with Gasteiger partial charge in [0.15, 0.2) is 5.78 Å². The number of rotatable bonds is 4. The van der Waals surface area contributed by atoms with Crippen molar-refractivity contribution in [1.82, 2.24) is 4.90 Å². The minimum atomic E-state index is -0.415. The Labute approximate surface area is 130 Å². The number of benzene rings is 1. The van der Waals surface area contributed by atoms with E-state index >= 15 is 0 Å². The summed E-state index contributed by atoms with van der Waals surface area (Å²) in [4.78, 5) is 16.4. The number of halogens is 1. The Bertz CT molecular complexity index is 543. The van der Waals surface area contributed by atoms with E-state index in [-0.39, 0.29) is 11.3 Å². The van der Waals surface area contributed by atoms with Gasteiger partial charge in [0, 0.05) is 32.7 Å². The van der Waals surface area contributed by atoms with Crippen LogP contribution in [0.15, 0.2) is 18.2 Å². The molecule has 120 valence electrons. The van der Waals surface area contributed by atoms with E-state index in [0.717, 1.165) is 58.0 Å².